The number of aliphatic hydroxyl groups is 6. The van der Waals surface area contributed by atoms with Gasteiger partial charge in [0.15, 0.2) is 11.9 Å². The van der Waals surface area contributed by atoms with Gasteiger partial charge in [-0.2, -0.15) is 0 Å². The normalized spacial score (nSPS) is 42.2. The molecule has 4 aliphatic rings. The van der Waals surface area contributed by atoms with E-state index in [1.807, 2.05) is 0 Å². The summed E-state index contributed by atoms with van der Waals surface area (Å²) in [6.45, 7) is 7.52. The Hall–Kier alpha value is -2.22. The van der Waals surface area contributed by atoms with E-state index >= 15 is 0 Å². The number of aliphatic hydroxyl groups excluding tert-OH is 3. The number of ether oxygens (including phenoxy) is 2. The van der Waals surface area contributed by atoms with Crippen LogP contribution in [0.1, 0.15) is 65.5 Å². The van der Waals surface area contributed by atoms with E-state index in [4.69, 9.17) is 9.47 Å². The minimum absolute atomic E-state index is 0.000709. The van der Waals surface area contributed by atoms with E-state index in [1.54, 1.807) is 58.0 Å². The SMILES string of the molecule is CC(=O)NC(c1ccccc1)C(O)(C=O)COC1CC2(O)C(O)C3C(C)(CC(O)C(=C1C)C2(C)C)C(O)CC1OCC13O. The second-order valence-electron chi connectivity index (χ2n) is 14.0. The number of hydrogen-bond donors (Lipinski definition) is 7. The van der Waals surface area contributed by atoms with Gasteiger partial charge in [0, 0.05) is 36.5 Å². The maximum atomic E-state index is 12.5. The molecule has 1 aliphatic heterocycles. The highest BCUT2D eigenvalue weighted by Crippen LogP contribution is 2.63. The molecule has 0 aromatic heterocycles. The van der Waals surface area contributed by atoms with Crippen molar-refractivity contribution < 1.29 is 49.7 Å². The fourth-order valence-electron chi connectivity index (χ4n) is 8.59. The first-order valence-corrected chi connectivity index (χ1v) is 14.9. The van der Waals surface area contributed by atoms with Gasteiger partial charge in [-0.3, -0.25) is 9.59 Å². The second kappa shape index (κ2) is 10.7. The summed E-state index contributed by atoms with van der Waals surface area (Å²) in [5.74, 6) is -1.51. The van der Waals surface area contributed by atoms with Gasteiger partial charge in [0.05, 0.1) is 49.8 Å². The zero-order valence-electron chi connectivity index (χ0n) is 25.4. The van der Waals surface area contributed by atoms with Crippen molar-refractivity contribution in [1.82, 2.24) is 5.32 Å². The van der Waals surface area contributed by atoms with Crippen LogP contribution in [0.2, 0.25) is 0 Å². The molecule has 43 heavy (non-hydrogen) atoms. The van der Waals surface area contributed by atoms with Crippen LogP contribution in [-0.4, -0.2) is 103 Å². The maximum Gasteiger partial charge on any atom is 0.217 e. The third-order valence-corrected chi connectivity index (χ3v) is 11.2. The minimum Gasteiger partial charge on any atom is -0.392 e. The van der Waals surface area contributed by atoms with Crippen LogP contribution in [0.15, 0.2) is 41.5 Å². The molecule has 238 valence electrons. The number of hydrogen-bond acceptors (Lipinski definition) is 10. The number of rotatable bonds is 7. The van der Waals surface area contributed by atoms with E-state index in [9.17, 15) is 40.2 Å². The van der Waals surface area contributed by atoms with Crippen LogP contribution in [0.4, 0.5) is 0 Å². The Labute approximate surface area is 251 Å². The summed E-state index contributed by atoms with van der Waals surface area (Å²) in [5, 5.41) is 73.5. The Balaban J connectivity index is 1.54. The fraction of sp³-hybridized carbons (Fsp3) is 0.688. The summed E-state index contributed by atoms with van der Waals surface area (Å²) in [7, 11) is 0. The largest absolute Gasteiger partial charge is 0.392 e. The third-order valence-electron chi connectivity index (χ3n) is 11.2. The summed E-state index contributed by atoms with van der Waals surface area (Å²) < 4.78 is 11.7. The minimum atomic E-state index is -2.20. The lowest BCUT2D eigenvalue weighted by molar-refractivity contribution is -0.353. The Morgan fingerprint density at radius 3 is 2.37 bits per heavy atom. The average Bonchev–Trinajstić information content (AvgIpc) is 2.94. The molecule has 11 unspecified atom stereocenters. The Morgan fingerprint density at radius 1 is 1.16 bits per heavy atom. The summed E-state index contributed by atoms with van der Waals surface area (Å²) in [4.78, 5) is 24.4. The quantitative estimate of drug-likeness (QED) is 0.169. The second-order valence-corrected chi connectivity index (χ2v) is 14.0. The van der Waals surface area contributed by atoms with Crippen molar-refractivity contribution in [3.05, 3.63) is 47.0 Å². The lowest BCUT2D eigenvalue weighted by Gasteiger charge is -2.67. The van der Waals surface area contributed by atoms with E-state index in [0.29, 0.717) is 23.0 Å². The average molecular weight is 604 g/mol. The van der Waals surface area contributed by atoms with Crippen LogP contribution in [0.5, 0.6) is 0 Å². The van der Waals surface area contributed by atoms with Crippen molar-refractivity contribution in [1.29, 1.82) is 0 Å². The van der Waals surface area contributed by atoms with Crippen molar-refractivity contribution in [2.24, 2.45) is 16.7 Å². The molecule has 3 fully saturated rings. The molecule has 11 heteroatoms. The van der Waals surface area contributed by atoms with Crippen molar-refractivity contribution in [3.63, 3.8) is 0 Å². The smallest absolute Gasteiger partial charge is 0.217 e. The molecule has 0 spiro atoms. The van der Waals surface area contributed by atoms with Gasteiger partial charge in [0.25, 0.3) is 0 Å². The molecule has 1 saturated heterocycles. The van der Waals surface area contributed by atoms with Gasteiger partial charge in [0.2, 0.25) is 5.91 Å². The van der Waals surface area contributed by atoms with Crippen molar-refractivity contribution >= 4 is 12.2 Å². The number of aldehydes is 1. The number of fused-ring (bicyclic) bond motifs is 5. The number of carbonyl (C=O) groups excluding carboxylic acids is 2. The summed E-state index contributed by atoms with van der Waals surface area (Å²) in [6, 6.07) is 7.36. The lowest BCUT2D eigenvalue weighted by Crippen LogP contribution is -2.79. The molecule has 0 radical (unpaired) electrons. The van der Waals surface area contributed by atoms with Crippen LogP contribution in [0.3, 0.4) is 0 Å². The Kier molecular flexibility index (Phi) is 8.01. The number of nitrogens with one attached hydrogen (secondary N) is 1. The van der Waals surface area contributed by atoms with Crippen LogP contribution < -0.4 is 5.32 Å². The highest BCUT2D eigenvalue weighted by Gasteiger charge is 2.72. The first-order chi connectivity index (χ1) is 20.0. The topological polar surface area (TPSA) is 186 Å². The van der Waals surface area contributed by atoms with Gasteiger partial charge in [-0.15, -0.1) is 0 Å². The maximum absolute atomic E-state index is 12.5. The van der Waals surface area contributed by atoms with Crippen LogP contribution in [-0.2, 0) is 19.1 Å². The van der Waals surface area contributed by atoms with Crippen molar-refractivity contribution in [3.8, 4) is 0 Å². The highest BCUT2D eigenvalue weighted by molar-refractivity contribution is 5.75. The molecular weight excluding hydrogens is 558 g/mol. The molecule has 3 aliphatic carbocycles. The summed E-state index contributed by atoms with van der Waals surface area (Å²) in [6.07, 6.45) is -5.19. The molecule has 2 bridgehead atoms. The van der Waals surface area contributed by atoms with Crippen LogP contribution >= 0.6 is 0 Å². The van der Waals surface area contributed by atoms with E-state index in [1.165, 1.54) is 6.92 Å². The molecule has 1 aromatic rings. The van der Waals surface area contributed by atoms with Crippen LogP contribution in [0, 0.1) is 16.7 Å². The van der Waals surface area contributed by atoms with Crippen LogP contribution in [0.25, 0.3) is 0 Å². The fourth-order valence-corrected chi connectivity index (χ4v) is 8.59. The first kappa shape index (κ1) is 32.2. The van der Waals surface area contributed by atoms with E-state index in [-0.39, 0.29) is 25.9 Å². The summed E-state index contributed by atoms with van der Waals surface area (Å²) >= 11 is 0. The molecule has 11 atom stereocenters. The standard InChI is InChI=1S/C32H45NO10/c1-17-21(42-15-30(39,14-34)26(33-18(2)35)19-9-7-6-8-10-19)13-32(41)27(38)25-29(5,12-20(36)24(17)28(32,3)4)22(37)11-23-31(25,40)16-43-23/h6-10,14,20-23,25-27,36-41H,11-13,15-16H2,1-5H3,(H,33,35). The lowest BCUT2D eigenvalue weighted by atomic mass is 9.45. The predicted octanol–water partition coefficient (Wildman–Crippen LogP) is 0.299. The van der Waals surface area contributed by atoms with Gasteiger partial charge in [-0.25, -0.2) is 0 Å². The highest BCUT2D eigenvalue weighted by atomic mass is 16.6. The predicted molar refractivity (Wildman–Crippen MR) is 153 cm³/mol. The molecule has 1 aromatic carbocycles. The van der Waals surface area contributed by atoms with Gasteiger partial charge in [0.1, 0.15) is 11.2 Å². The van der Waals surface area contributed by atoms with Gasteiger partial charge < -0.3 is 45.4 Å². The monoisotopic (exact) mass is 603 g/mol. The van der Waals surface area contributed by atoms with Crippen molar-refractivity contribution in [2.45, 2.75) is 107 Å². The Bertz CT molecular complexity index is 1290. The number of carbonyl (C=O) groups is 2. The Morgan fingerprint density at radius 2 is 1.81 bits per heavy atom. The van der Waals surface area contributed by atoms with Gasteiger partial charge in [-0.1, -0.05) is 51.1 Å². The first-order valence-electron chi connectivity index (χ1n) is 14.9. The number of amides is 1. The molecule has 11 nitrogen and oxygen atoms in total. The molecular formula is C32H45NO10. The summed E-state index contributed by atoms with van der Waals surface area (Å²) in [5.41, 5.74) is -6.58. The van der Waals surface area contributed by atoms with E-state index in [0.717, 1.165) is 0 Å². The van der Waals surface area contributed by atoms with Gasteiger partial charge in [-0.05, 0) is 30.1 Å². The molecule has 1 heterocycles. The van der Waals surface area contributed by atoms with Crippen molar-refractivity contribution in [2.75, 3.05) is 13.2 Å². The van der Waals surface area contributed by atoms with E-state index < -0.39 is 82.6 Å². The van der Waals surface area contributed by atoms with Gasteiger partial charge >= 0.3 is 0 Å². The molecule has 1 amide bonds. The molecule has 2 saturated carbocycles. The zero-order valence-corrected chi connectivity index (χ0v) is 25.4. The molecule has 7 N–H and O–H groups in total. The zero-order chi connectivity index (χ0) is 31.8. The third kappa shape index (κ3) is 4.71. The number of benzene rings is 1. The molecule has 5 rings (SSSR count). The van der Waals surface area contributed by atoms with E-state index in [2.05, 4.69) is 5.32 Å².